The van der Waals surface area contributed by atoms with Crippen LogP contribution in [0.25, 0.3) is 0 Å². The average molecular weight is 287 g/mol. The molecule has 5 heteroatoms. The van der Waals surface area contributed by atoms with E-state index in [0.29, 0.717) is 24.7 Å². The van der Waals surface area contributed by atoms with E-state index in [1.807, 2.05) is 0 Å². The van der Waals surface area contributed by atoms with Crippen LogP contribution in [0.5, 0.6) is 11.5 Å². The third kappa shape index (κ3) is 5.74. The number of hydrogen-bond acceptors (Lipinski definition) is 3. The minimum Gasteiger partial charge on any atom is -0.490 e. The molecule has 114 valence electrons. The minimum absolute atomic E-state index is 0.0475. The van der Waals surface area contributed by atoms with E-state index in [2.05, 4.69) is 18.6 Å². The molecule has 0 aliphatic carbocycles. The molecular weight excluding hydrogens is 264 g/mol. The first-order chi connectivity index (χ1) is 9.42. The van der Waals surface area contributed by atoms with Gasteiger partial charge in [0.25, 0.3) is 0 Å². The second kappa shape index (κ2) is 8.04. The van der Waals surface area contributed by atoms with Crippen LogP contribution in [-0.2, 0) is 6.42 Å². The summed E-state index contributed by atoms with van der Waals surface area (Å²) in [7, 11) is 0. The molecule has 1 aromatic rings. The first kappa shape index (κ1) is 16.7. The van der Waals surface area contributed by atoms with Crippen molar-refractivity contribution in [2.45, 2.75) is 46.3 Å². The van der Waals surface area contributed by atoms with Gasteiger partial charge in [-0.25, -0.2) is 0 Å². The molecule has 1 unspecified atom stereocenters. The molecule has 0 aliphatic heterocycles. The van der Waals surface area contributed by atoms with Gasteiger partial charge in [0.15, 0.2) is 11.5 Å². The first-order valence-electron chi connectivity index (χ1n) is 6.88. The number of hydrogen-bond donors (Lipinski definition) is 1. The van der Waals surface area contributed by atoms with Crippen LogP contribution in [0.4, 0.5) is 8.78 Å². The molecule has 0 amide bonds. The fourth-order valence-corrected chi connectivity index (χ4v) is 2.13. The van der Waals surface area contributed by atoms with Gasteiger partial charge in [-0.05, 0) is 43.4 Å². The Kier molecular flexibility index (Phi) is 6.71. The van der Waals surface area contributed by atoms with Gasteiger partial charge in [-0.15, -0.1) is 0 Å². The minimum atomic E-state index is -2.86. The number of benzene rings is 1. The number of halogens is 2. The van der Waals surface area contributed by atoms with Gasteiger partial charge in [0, 0.05) is 6.04 Å². The van der Waals surface area contributed by atoms with Crippen LogP contribution in [0.15, 0.2) is 18.2 Å². The number of rotatable bonds is 8. The molecular formula is C15H23F2NO2. The van der Waals surface area contributed by atoms with E-state index >= 15 is 0 Å². The normalized spacial score (nSPS) is 12.8. The first-order valence-corrected chi connectivity index (χ1v) is 6.88. The molecule has 0 aromatic heterocycles. The lowest BCUT2D eigenvalue weighted by Gasteiger charge is -2.16. The lowest BCUT2D eigenvalue weighted by atomic mass is 9.98. The molecule has 0 aliphatic rings. The third-order valence-electron chi connectivity index (χ3n) is 2.80. The second-order valence-electron chi connectivity index (χ2n) is 5.19. The smallest absolute Gasteiger partial charge is 0.387 e. The summed E-state index contributed by atoms with van der Waals surface area (Å²) in [5.41, 5.74) is 7.02. The Hall–Kier alpha value is -1.36. The van der Waals surface area contributed by atoms with Crippen LogP contribution in [-0.4, -0.2) is 19.3 Å². The summed E-state index contributed by atoms with van der Waals surface area (Å²) in [4.78, 5) is 0. The van der Waals surface area contributed by atoms with Crippen LogP contribution < -0.4 is 15.2 Å². The summed E-state index contributed by atoms with van der Waals surface area (Å²) in [6, 6.07) is 5.03. The summed E-state index contributed by atoms with van der Waals surface area (Å²) in [5.74, 6) is 0.919. The van der Waals surface area contributed by atoms with Crippen molar-refractivity contribution in [1.82, 2.24) is 0 Å². The van der Waals surface area contributed by atoms with Gasteiger partial charge in [-0.3, -0.25) is 0 Å². The molecule has 0 heterocycles. The quantitative estimate of drug-likeness (QED) is 0.794. The van der Waals surface area contributed by atoms with Crippen molar-refractivity contribution in [2.75, 3.05) is 6.61 Å². The summed E-state index contributed by atoms with van der Waals surface area (Å²) in [6.45, 7) is 3.56. The lowest BCUT2D eigenvalue weighted by Crippen LogP contribution is -2.24. The van der Waals surface area contributed by atoms with Crippen LogP contribution in [0, 0.1) is 5.92 Å². The van der Waals surface area contributed by atoms with E-state index in [1.165, 1.54) is 6.07 Å². The van der Waals surface area contributed by atoms with E-state index in [9.17, 15) is 8.78 Å². The zero-order chi connectivity index (χ0) is 15.1. The van der Waals surface area contributed by atoms with Crippen molar-refractivity contribution in [3.05, 3.63) is 23.8 Å². The summed E-state index contributed by atoms with van der Waals surface area (Å²) in [5, 5.41) is 0. The van der Waals surface area contributed by atoms with Gasteiger partial charge >= 0.3 is 6.61 Å². The molecule has 3 nitrogen and oxygen atoms in total. The Morgan fingerprint density at radius 1 is 1.20 bits per heavy atom. The molecule has 1 atom stereocenters. The van der Waals surface area contributed by atoms with Crippen molar-refractivity contribution in [2.24, 2.45) is 11.7 Å². The van der Waals surface area contributed by atoms with Gasteiger partial charge in [-0.1, -0.05) is 19.9 Å². The van der Waals surface area contributed by atoms with E-state index in [-0.39, 0.29) is 11.8 Å². The van der Waals surface area contributed by atoms with Gasteiger partial charge in [0.1, 0.15) is 0 Å². The predicted octanol–water partition coefficient (Wildman–Crippen LogP) is 3.60. The summed E-state index contributed by atoms with van der Waals surface area (Å²) in [6.07, 6.45) is 1.60. The molecule has 0 spiro atoms. The van der Waals surface area contributed by atoms with Gasteiger partial charge in [0.05, 0.1) is 6.61 Å². The van der Waals surface area contributed by atoms with Gasteiger partial charge < -0.3 is 15.2 Å². The standard InChI is InChI=1S/C15H23F2NO2/c1-4-19-14-9-11(8-12(18)7-10(2)3)5-6-13(14)20-15(16)17/h5-6,9-10,12,15H,4,7-8,18H2,1-3H3. The van der Waals surface area contributed by atoms with Crippen LogP contribution in [0.3, 0.4) is 0 Å². The Bertz CT molecular complexity index is 411. The van der Waals surface area contributed by atoms with E-state index in [4.69, 9.17) is 10.5 Å². The van der Waals surface area contributed by atoms with E-state index < -0.39 is 6.61 Å². The van der Waals surface area contributed by atoms with Gasteiger partial charge in [-0.2, -0.15) is 8.78 Å². The molecule has 0 radical (unpaired) electrons. The number of alkyl halides is 2. The van der Waals surface area contributed by atoms with E-state index in [0.717, 1.165) is 12.0 Å². The summed E-state index contributed by atoms with van der Waals surface area (Å²) >= 11 is 0. The Labute approximate surface area is 119 Å². The Morgan fingerprint density at radius 2 is 1.90 bits per heavy atom. The maximum absolute atomic E-state index is 12.3. The monoisotopic (exact) mass is 287 g/mol. The summed E-state index contributed by atoms with van der Waals surface area (Å²) < 4.78 is 34.4. The van der Waals surface area contributed by atoms with Crippen molar-refractivity contribution < 1.29 is 18.3 Å². The van der Waals surface area contributed by atoms with Crippen LogP contribution in [0.1, 0.15) is 32.8 Å². The van der Waals surface area contributed by atoms with Crippen molar-refractivity contribution in [3.63, 3.8) is 0 Å². The SMILES string of the molecule is CCOc1cc(CC(N)CC(C)C)ccc1OC(F)F. The maximum atomic E-state index is 12.3. The molecule has 0 saturated heterocycles. The zero-order valence-corrected chi connectivity index (χ0v) is 12.2. The highest BCUT2D eigenvalue weighted by Gasteiger charge is 2.13. The average Bonchev–Trinajstić information content (AvgIpc) is 2.31. The van der Waals surface area contributed by atoms with E-state index in [1.54, 1.807) is 19.1 Å². The highest BCUT2D eigenvalue weighted by molar-refractivity contribution is 5.43. The molecule has 1 rings (SSSR count). The number of ether oxygens (including phenoxy) is 2. The largest absolute Gasteiger partial charge is 0.490 e. The molecule has 0 saturated carbocycles. The molecule has 20 heavy (non-hydrogen) atoms. The highest BCUT2D eigenvalue weighted by atomic mass is 19.3. The zero-order valence-electron chi connectivity index (χ0n) is 12.2. The fourth-order valence-electron chi connectivity index (χ4n) is 2.13. The topological polar surface area (TPSA) is 44.5 Å². The molecule has 2 N–H and O–H groups in total. The van der Waals surface area contributed by atoms with Crippen LogP contribution in [0.2, 0.25) is 0 Å². The highest BCUT2D eigenvalue weighted by Crippen LogP contribution is 2.30. The number of nitrogens with two attached hydrogens (primary N) is 1. The molecule has 0 bridgehead atoms. The van der Waals surface area contributed by atoms with Crippen LogP contribution >= 0.6 is 0 Å². The predicted molar refractivity (Wildman–Crippen MR) is 75.4 cm³/mol. The second-order valence-corrected chi connectivity index (χ2v) is 5.19. The molecule has 0 fully saturated rings. The third-order valence-corrected chi connectivity index (χ3v) is 2.80. The maximum Gasteiger partial charge on any atom is 0.387 e. The fraction of sp³-hybridized carbons (Fsp3) is 0.600. The Morgan fingerprint density at radius 3 is 2.45 bits per heavy atom. The Balaban J connectivity index is 2.81. The van der Waals surface area contributed by atoms with Crippen molar-refractivity contribution in [1.29, 1.82) is 0 Å². The van der Waals surface area contributed by atoms with Crippen molar-refractivity contribution >= 4 is 0 Å². The van der Waals surface area contributed by atoms with Gasteiger partial charge in [0.2, 0.25) is 0 Å². The van der Waals surface area contributed by atoms with Crippen molar-refractivity contribution in [3.8, 4) is 11.5 Å². The molecule has 1 aromatic carbocycles. The lowest BCUT2D eigenvalue weighted by molar-refractivity contribution is -0.0514.